The molecule has 1 aliphatic carbocycles. The fourth-order valence-electron chi connectivity index (χ4n) is 2.67. The van der Waals surface area contributed by atoms with Crippen molar-refractivity contribution in [3.8, 4) is 0 Å². The van der Waals surface area contributed by atoms with E-state index in [-0.39, 0.29) is 0 Å². The van der Waals surface area contributed by atoms with Gasteiger partial charge in [0.15, 0.2) is 0 Å². The molecule has 2 heterocycles. The summed E-state index contributed by atoms with van der Waals surface area (Å²) in [4.78, 5) is 6.94. The van der Waals surface area contributed by atoms with E-state index in [1.54, 1.807) is 0 Å². The highest BCUT2D eigenvalue weighted by Gasteiger charge is 2.27. The standard InChI is InChI=1S/C13H22N4/c1-16-8-6-14-13(16)10-17-7-2-3-12(9-17)15-11-4-5-11/h6,8,11-12,15H,2-5,7,9-10H2,1H3. The molecule has 4 heteroatoms. The fourth-order valence-corrected chi connectivity index (χ4v) is 2.67. The second kappa shape index (κ2) is 4.78. The summed E-state index contributed by atoms with van der Waals surface area (Å²) in [5.74, 6) is 1.18. The van der Waals surface area contributed by atoms with Gasteiger partial charge in [-0.05, 0) is 32.2 Å². The monoisotopic (exact) mass is 234 g/mol. The van der Waals surface area contributed by atoms with Gasteiger partial charge in [0.25, 0.3) is 0 Å². The summed E-state index contributed by atoms with van der Waals surface area (Å²) in [5.41, 5.74) is 0. The SMILES string of the molecule is Cn1ccnc1CN1CCCC(NC2CC2)C1. The van der Waals surface area contributed by atoms with Crippen LogP contribution in [0.4, 0.5) is 0 Å². The molecule has 3 rings (SSSR count). The minimum Gasteiger partial charge on any atom is -0.337 e. The molecule has 1 N–H and O–H groups in total. The van der Waals surface area contributed by atoms with Crippen LogP contribution in [0.1, 0.15) is 31.5 Å². The van der Waals surface area contributed by atoms with Crippen LogP contribution in [0.3, 0.4) is 0 Å². The van der Waals surface area contributed by atoms with Crippen molar-refractivity contribution in [1.82, 2.24) is 19.8 Å². The number of likely N-dealkylation sites (tertiary alicyclic amines) is 1. The highest BCUT2D eigenvalue weighted by atomic mass is 15.2. The lowest BCUT2D eigenvalue weighted by atomic mass is 10.1. The van der Waals surface area contributed by atoms with Crippen LogP contribution in [-0.2, 0) is 13.6 Å². The van der Waals surface area contributed by atoms with E-state index in [1.165, 1.54) is 44.6 Å². The Balaban J connectivity index is 1.54. The van der Waals surface area contributed by atoms with Crippen molar-refractivity contribution in [1.29, 1.82) is 0 Å². The summed E-state index contributed by atoms with van der Waals surface area (Å²) in [6.45, 7) is 3.39. The molecule has 2 aliphatic rings. The molecule has 0 spiro atoms. The van der Waals surface area contributed by atoms with Crippen LogP contribution in [0.15, 0.2) is 12.4 Å². The summed E-state index contributed by atoms with van der Waals surface area (Å²) >= 11 is 0. The maximum atomic E-state index is 4.41. The number of hydrogen-bond acceptors (Lipinski definition) is 3. The Bertz CT molecular complexity index is 369. The third-order valence-electron chi connectivity index (χ3n) is 3.84. The van der Waals surface area contributed by atoms with Crippen LogP contribution in [0.2, 0.25) is 0 Å². The van der Waals surface area contributed by atoms with Gasteiger partial charge in [0.1, 0.15) is 5.82 Å². The van der Waals surface area contributed by atoms with E-state index >= 15 is 0 Å². The zero-order valence-electron chi connectivity index (χ0n) is 10.6. The van der Waals surface area contributed by atoms with E-state index < -0.39 is 0 Å². The van der Waals surface area contributed by atoms with Crippen molar-refractivity contribution in [3.63, 3.8) is 0 Å². The van der Waals surface area contributed by atoms with Crippen LogP contribution < -0.4 is 5.32 Å². The van der Waals surface area contributed by atoms with Crippen molar-refractivity contribution < 1.29 is 0 Å². The van der Waals surface area contributed by atoms with Crippen LogP contribution in [0, 0.1) is 0 Å². The zero-order chi connectivity index (χ0) is 11.7. The number of hydrogen-bond donors (Lipinski definition) is 1. The Labute approximate surface area is 103 Å². The molecule has 1 saturated heterocycles. The molecular weight excluding hydrogens is 212 g/mol. The lowest BCUT2D eigenvalue weighted by Crippen LogP contribution is -2.46. The topological polar surface area (TPSA) is 33.1 Å². The van der Waals surface area contributed by atoms with Crippen LogP contribution in [-0.4, -0.2) is 39.6 Å². The summed E-state index contributed by atoms with van der Waals surface area (Å²) in [5, 5.41) is 3.75. The first-order chi connectivity index (χ1) is 8.31. The molecule has 0 radical (unpaired) electrons. The number of aromatic nitrogens is 2. The van der Waals surface area contributed by atoms with E-state index in [9.17, 15) is 0 Å². The van der Waals surface area contributed by atoms with Gasteiger partial charge in [-0.3, -0.25) is 4.90 Å². The Kier molecular flexibility index (Phi) is 3.16. The predicted molar refractivity (Wildman–Crippen MR) is 67.7 cm³/mol. The highest BCUT2D eigenvalue weighted by molar-refractivity contribution is 4.93. The summed E-state index contributed by atoms with van der Waals surface area (Å²) in [6, 6.07) is 1.53. The average Bonchev–Trinajstić information content (AvgIpc) is 3.04. The fraction of sp³-hybridized carbons (Fsp3) is 0.769. The van der Waals surface area contributed by atoms with Crippen molar-refractivity contribution in [2.24, 2.45) is 7.05 Å². The van der Waals surface area contributed by atoms with E-state index in [2.05, 4.69) is 26.8 Å². The molecule has 1 aliphatic heterocycles. The molecule has 1 aromatic rings. The molecule has 0 amide bonds. The number of aryl methyl sites for hydroxylation is 1. The number of rotatable bonds is 4. The highest BCUT2D eigenvalue weighted by Crippen LogP contribution is 2.22. The van der Waals surface area contributed by atoms with Gasteiger partial charge in [-0.2, -0.15) is 0 Å². The largest absolute Gasteiger partial charge is 0.337 e. The molecule has 17 heavy (non-hydrogen) atoms. The molecule has 1 saturated carbocycles. The quantitative estimate of drug-likeness (QED) is 0.848. The number of piperidine rings is 1. The summed E-state index contributed by atoms with van der Waals surface area (Å²) in [7, 11) is 2.08. The maximum Gasteiger partial charge on any atom is 0.122 e. The van der Waals surface area contributed by atoms with Crippen molar-refractivity contribution >= 4 is 0 Å². The minimum atomic E-state index is 0.705. The van der Waals surface area contributed by atoms with Crippen LogP contribution in [0.5, 0.6) is 0 Å². The summed E-state index contributed by atoms with van der Waals surface area (Å²) < 4.78 is 2.12. The molecular formula is C13H22N4. The number of nitrogens with one attached hydrogen (secondary N) is 1. The summed E-state index contributed by atoms with van der Waals surface area (Å²) in [6.07, 6.45) is 9.34. The van der Waals surface area contributed by atoms with E-state index in [0.29, 0.717) is 6.04 Å². The molecule has 1 aromatic heterocycles. The Morgan fingerprint density at radius 1 is 1.35 bits per heavy atom. The van der Waals surface area contributed by atoms with Gasteiger partial charge in [-0.15, -0.1) is 0 Å². The predicted octanol–water partition coefficient (Wildman–Crippen LogP) is 1.14. The lowest BCUT2D eigenvalue weighted by molar-refractivity contribution is 0.177. The Hall–Kier alpha value is -0.870. The van der Waals surface area contributed by atoms with E-state index in [0.717, 1.165) is 12.6 Å². The molecule has 94 valence electrons. The van der Waals surface area contributed by atoms with Gasteiger partial charge in [0.2, 0.25) is 0 Å². The van der Waals surface area contributed by atoms with E-state index in [4.69, 9.17) is 0 Å². The Morgan fingerprint density at radius 3 is 2.94 bits per heavy atom. The normalized spacial score (nSPS) is 26.3. The van der Waals surface area contributed by atoms with Gasteiger partial charge < -0.3 is 9.88 Å². The van der Waals surface area contributed by atoms with Gasteiger partial charge in [-0.1, -0.05) is 0 Å². The average molecular weight is 234 g/mol. The molecule has 4 nitrogen and oxygen atoms in total. The first-order valence-electron chi connectivity index (χ1n) is 6.76. The third-order valence-corrected chi connectivity index (χ3v) is 3.84. The number of imidazole rings is 1. The molecule has 1 atom stereocenters. The van der Waals surface area contributed by atoms with Gasteiger partial charge in [0, 0.05) is 38.1 Å². The number of nitrogens with zero attached hydrogens (tertiary/aromatic N) is 3. The lowest BCUT2D eigenvalue weighted by Gasteiger charge is -2.33. The minimum absolute atomic E-state index is 0.705. The third kappa shape index (κ3) is 2.87. The molecule has 2 fully saturated rings. The first-order valence-corrected chi connectivity index (χ1v) is 6.76. The first kappa shape index (κ1) is 11.2. The Morgan fingerprint density at radius 2 is 2.24 bits per heavy atom. The molecule has 0 bridgehead atoms. The maximum absolute atomic E-state index is 4.41. The zero-order valence-corrected chi connectivity index (χ0v) is 10.6. The second-order valence-corrected chi connectivity index (χ2v) is 5.47. The molecule has 1 unspecified atom stereocenters. The van der Waals surface area contributed by atoms with Gasteiger partial charge >= 0.3 is 0 Å². The second-order valence-electron chi connectivity index (χ2n) is 5.47. The van der Waals surface area contributed by atoms with Crippen LogP contribution in [0.25, 0.3) is 0 Å². The van der Waals surface area contributed by atoms with Gasteiger partial charge in [0.05, 0.1) is 6.54 Å². The molecule has 0 aromatic carbocycles. The van der Waals surface area contributed by atoms with Crippen molar-refractivity contribution in [2.75, 3.05) is 13.1 Å². The van der Waals surface area contributed by atoms with Crippen LogP contribution >= 0.6 is 0 Å². The van der Waals surface area contributed by atoms with Crippen molar-refractivity contribution in [3.05, 3.63) is 18.2 Å². The van der Waals surface area contributed by atoms with E-state index in [1.807, 2.05) is 12.4 Å². The van der Waals surface area contributed by atoms with Gasteiger partial charge in [-0.25, -0.2) is 4.98 Å². The van der Waals surface area contributed by atoms with Crippen molar-refractivity contribution in [2.45, 2.75) is 44.3 Å². The smallest absolute Gasteiger partial charge is 0.122 e.